The average molecular weight is 273 g/mol. The summed E-state index contributed by atoms with van der Waals surface area (Å²) in [6.07, 6.45) is 9.43. The second-order valence-corrected chi connectivity index (χ2v) is 2.01. The standard InChI is InChI=1S/C7H10O.C4H8.3C2H6.CH4/c1-3-5-6-7(8)4-2;1-3-4-2;3*1-2;/h3-6,8H,1H2,2H3;3H,1,4H2,2H3;3*1-2H3;1H4/b6-5-,7-4+;;;;;. The molecule has 0 saturated carbocycles. The van der Waals surface area contributed by atoms with E-state index < -0.39 is 0 Å². The van der Waals surface area contributed by atoms with Gasteiger partial charge in [0.2, 0.25) is 0 Å². The highest BCUT2D eigenvalue weighted by molar-refractivity contribution is 5.13. The van der Waals surface area contributed by atoms with Crippen molar-refractivity contribution in [3.8, 4) is 0 Å². The highest BCUT2D eigenvalue weighted by Crippen LogP contribution is 1.88. The first kappa shape index (κ1) is 36.1. The van der Waals surface area contributed by atoms with Crippen LogP contribution in [0, 0.1) is 0 Å². The molecule has 0 rings (SSSR count). The van der Waals surface area contributed by atoms with Crippen LogP contribution in [0.15, 0.2) is 49.3 Å². The molecular formula is C18H40O. The van der Waals surface area contributed by atoms with Crippen molar-refractivity contribution in [2.45, 2.75) is 69.2 Å². The van der Waals surface area contributed by atoms with Gasteiger partial charge >= 0.3 is 0 Å². The molecule has 0 amide bonds. The van der Waals surface area contributed by atoms with E-state index in [-0.39, 0.29) is 13.2 Å². The van der Waals surface area contributed by atoms with Gasteiger partial charge in [-0.05, 0) is 25.5 Å². The van der Waals surface area contributed by atoms with Crippen LogP contribution in [-0.4, -0.2) is 5.11 Å². The van der Waals surface area contributed by atoms with Gasteiger partial charge < -0.3 is 5.11 Å². The van der Waals surface area contributed by atoms with Gasteiger partial charge in [0.15, 0.2) is 0 Å². The van der Waals surface area contributed by atoms with Crippen molar-refractivity contribution in [3.63, 3.8) is 0 Å². The molecule has 0 aromatic carbocycles. The van der Waals surface area contributed by atoms with Crippen LogP contribution >= 0.6 is 0 Å². The van der Waals surface area contributed by atoms with Crippen LogP contribution < -0.4 is 0 Å². The summed E-state index contributed by atoms with van der Waals surface area (Å²) in [6.45, 7) is 22.8. The molecule has 0 heterocycles. The largest absolute Gasteiger partial charge is 0.508 e. The van der Waals surface area contributed by atoms with Gasteiger partial charge in [-0.1, -0.05) is 80.7 Å². The maximum atomic E-state index is 8.72. The summed E-state index contributed by atoms with van der Waals surface area (Å²) in [4.78, 5) is 0. The first-order valence-electron chi connectivity index (χ1n) is 6.98. The van der Waals surface area contributed by atoms with E-state index in [4.69, 9.17) is 5.11 Å². The lowest BCUT2D eigenvalue weighted by molar-refractivity contribution is 0.431. The van der Waals surface area contributed by atoms with Gasteiger partial charge in [0.25, 0.3) is 0 Å². The Morgan fingerprint density at radius 1 is 1.00 bits per heavy atom. The fraction of sp³-hybridized carbons (Fsp3) is 0.556. The molecule has 0 aliphatic rings. The molecule has 1 N–H and O–H groups in total. The Kier molecular flexibility index (Phi) is 131. The van der Waals surface area contributed by atoms with Crippen LogP contribution in [0.2, 0.25) is 0 Å². The van der Waals surface area contributed by atoms with E-state index in [1.54, 1.807) is 31.2 Å². The average Bonchev–Trinajstić information content (AvgIpc) is 2.51. The quantitative estimate of drug-likeness (QED) is 0.320. The van der Waals surface area contributed by atoms with Crippen LogP contribution in [0.5, 0.6) is 0 Å². The molecule has 0 aliphatic carbocycles. The molecule has 0 spiro atoms. The summed E-state index contributed by atoms with van der Waals surface area (Å²) in [5.41, 5.74) is 0. The Morgan fingerprint density at radius 2 is 1.32 bits per heavy atom. The molecular weight excluding hydrogens is 232 g/mol. The van der Waals surface area contributed by atoms with E-state index in [1.165, 1.54) is 0 Å². The monoisotopic (exact) mass is 272 g/mol. The number of hydrogen-bond acceptors (Lipinski definition) is 1. The zero-order valence-electron chi connectivity index (χ0n) is 14.0. The summed E-state index contributed by atoms with van der Waals surface area (Å²) >= 11 is 0. The molecule has 0 fully saturated rings. The van der Waals surface area contributed by atoms with Gasteiger partial charge in [0.05, 0.1) is 0 Å². The van der Waals surface area contributed by atoms with E-state index in [0.717, 1.165) is 6.42 Å². The third-order valence-electron chi connectivity index (χ3n) is 0.988. The van der Waals surface area contributed by atoms with Crippen molar-refractivity contribution in [1.29, 1.82) is 0 Å². The minimum absolute atomic E-state index is 0. The Morgan fingerprint density at radius 3 is 1.47 bits per heavy atom. The van der Waals surface area contributed by atoms with Gasteiger partial charge in [-0.2, -0.15) is 0 Å². The lowest BCUT2D eigenvalue weighted by atomic mass is 10.4. The van der Waals surface area contributed by atoms with E-state index in [0.29, 0.717) is 0 Å². The van der Waals surface area contributed by atoms with Crippen molar-refractivity contribution in [2.75, 3.05) is 0 Å². The van der Waals surface area contributed by atoms with Crippen LogP contribution in [0.3, 0.4) is 0 Å². The predicted octanol–water partition coefficient (Wildman–Crippen LogP) is 7.49. The topological polar surface area (TPSA) is 20.2 Å². The fourth-order valence-electron chi connectivity index (χ4n) is 0.263. The van der Waals surface area contributed by atoms with E-state index in [9.17, 15) is 0 Å². The Hall–Kier alpha value is -1.24. The number of rotatable bonds is 3. The van der Waals surface area contributed by atoms with Crippen LogP contribution in [-0.2, 0) is 0 Å². The molecule has 1 heteroatoms. The van der Waals surface area contributed by atoms with Crippen molar-refractivity contribution in [1.82, 2.24) is 0 Å². The van der Waals surface area contributed by atoms with Gasteiger partial charge in [-0.25, -0.2) is 0 Å². The lowest BCUT2D eigenvalue weighted by Crippen LogP contribution is -1.67. The number of hydrogen-bond donors (Lipinski definition) is 1. The predicted molar refractivity (Wildman–Crippen MR) is 97.0 cm³/mol. The third-order valence-corrected chi connectivity index (χ3v) is 0.988. The van der Waals surface area contributed by atoms with Gasteiger partial charge in [0, 0.05) is 0 Å². The highest BCUT2D eigenvalue weighted by atomic mass is 16.3. The normalized spacial score (nSPS) is 7.47. The van der Waals surface area contributed by atoms with E-state index in [1.807, 2.05) is 47.6 Å². The molecule has 0 saturated heterocycles. The van der Waals surface area contributed by atoms with Gasteiger partial charge in [-0.15, -0.1) is 6.58 Å². The summed E-state index contributed by atoms with van der Waals surface area (Å²) in [7, 11) is 0. The number of aliphatic hydroxyl groups excluding tert-OH is 1. The van der Waals surface area contributed by atoms with Crippen molar-refractivity contribution in [2.24, 2.45) is 0 Å². The maximum Gasteiger partial charge on any atom is 0.111 e. The molecule has 0 unspecified atom stereocenters. The molecule has 118 valence electrons. The minimum Gasteiger partial charge on any atom is -0.508 e. The molecule has 19 heavy (non-hydrogen) atoms. The molecule has 0 radical (unpaired) electrons. The molecule has 0 aromatic heterocycles. The SMILES string of the molecule is C.C=C/C=C\C(O)=C/C.C=CCC.CC.CC.CC. The molecule has 0 aromatic rings. The van der Waals surface area contributed by atoms with Crippen molar-refractivity contribution < 1.29 is 5.11 Å². The van der Waals surface area contributed by atoms with Crippen molar-refractivity contribution in [3.05, 3.63) is 49.3 Å². The van der Waals surface area contributed by atoms with Crippen LogP contribution in [0.4, 0.5) is 0 Å². The second-order valence-electron chi connectivity index (χ2n) is 2.01. The summed E-state index contributed by atoms with van der Waals surface area (Å²) in [6, 6.07) is 0. The Labute approximate surface area is 124 Å². The third kappa shape index (κ3) is 110. The number of allylic oxidation sites excluding steroid dienone is 5. The summed E-state index contributed by atoms with van der Waals surface area (Å²) < 4.78 is 0. The van der Waals surface area contributed by atoms with Crippen LogP contribution in [0.1, 0.15) is 69.2 Å². The lowest BCUT2D eigenvalue weighted by Gasteiger charge is -1.82. The maximum absolute atomic E-state index is 8.72. The van der Waals surface area contributed by atoms with E-state index >= 15 is 0 Å². The Bertz CT molecular complexity index is 165. The number of aliphatic hydroxyl groups is 1. The second kappa shape index (κ2) is 69.1. The zero-order chi connectivity index (χ0) is 15.8. The van der Waals surface area contributed by atoms with Crippen LogP contribution in [0.25, 0.3) is 0 Å². The molecule has 0 bridgehead atoms. The van der Waals surface area contributed by atoms with Gasteiger partial charge in [-0.3, -0.25) is 0 Å². The fourth-order valence-corrected chi connectivity index (χ4v) is 0.263. The highest BCUT2D eigenvalue weighted by Gasteiger charge is 1.73. The first-order valence-corrected chi connectivity index (χ1v) is 6.98. The van der Waals surface area contributed by atoms with Crippen molar-refractivity contribution >= 4 is 0 Å². The van der Waals surface area contributed by atoms with Gasteiger partial charge in [0.1, 0.15) is 5.76 Å². The first-order chi connectivity index (χ1) is 8.72. The molecule has 0 aliphatic heterocycles. The minimum atomic E-state index is 0. The molecule has 0 atom stereocenters. The smallest absolute Gasteiger partial charge is 0.111 e. The summed E-state index contributed by atoms with van der Waals surface area (Å²) in [5, 5.41) is 8.72. The Balaban J connectivity index is -0.0000000329. The van der Waals surface area contributed by atoms with E-state index in [2.05, 4.69) is 20.1 Å². The summed E-state index contributed by atoms with van der Waals surface area (Å²) in [5.74, 6) is 0.268. The zero-order valence-corrected chi connectivity index (χ0v) is 14.0. The molecule has 1 nitrogen and oxygen atoms in total.